The van der Waals surface area contributed by atoms with Gasteiger partial charge in [0.2, 0.25) is 0 Å². The zero-order chi connectivity index (χ0) is 17.1. The average molecular weight is 310 g/mol. The van der Waals surface area contributed by atoms with E-state index in [-0.39, 0.29) is 5.78 Å². The third kappa shape index (κ3) is 1.66. The van der Waals surface area contributed by atoms with Crippen LogP contribution in [0.3, 0.4) is 0 Å². The Hall–Kier alpha value is -1.24. The molecular weight excluding hydrogens is 284 g/mol. The van der Waals surface area contributed by atoms with Gasteiger partial charge in [0.1, 0.15) is 11.2 Å². The number of hydrogen-bond donors (Lipinski definition) is 3. The molecule has 0 radical (unpaired) electrons. The standard InChI is InChI=1S/C16H26N2O4/c1-9-7-15(11(3)18-17)13(5,20)22-14(6,21)16(15,12(4)19)8-10(9)2/h20-21H,7-8,17H2,1-6H3/t13-,14+,15+,16-/m0/s1. The molecule has 0 aromatic heterocycles. The molecule has 0 aromatic carbocycles. The van der Waals surface area contributed by atoms with Crippen molar-refractivity contribution in [2.24, 2.45) is 21.8 Å². The second-order valence-corrected chi connectivity index (χ2v) is 7.06. The maximum Gasteiger partial charge on any atom is 0.180 e. The van der Waals surface area contributed by atoms with Crippen molar-refractivity contribution in [3.63, 3.8) is 0 Å². The largest absolute Gasteiger partial charge is 0.365 e. The van der Waals surface area contributed by atoms with E-state index in [0.29, 0.717) is 18.6 Å². The number of ether oxygens (including phenoxy) is 1. The number of nitrogens with zero attached hydrogens (tertiary/aromatic N) is 1. The Morgan fingerprint density at radius 3 is 1.91 bits per heavy atom. The summed E-state index contributed by atoms with van der Waals surface area (Å²) in [5.41, 5.74) is -0.0794. The van der Waals surface area contributed by atoms with E-state index in [0.717, 1.165) is 11.1 Å². The highest BCUT2D eigenvalue weighted by atomic mass is 16.7. The fourth-order valence-corrected chi connectivity index (χ4v) is 4.71. The van der Waals surface area contributed by atoms with Crippen LogP contribution in [0, 0.1) is 10.8 Å². The number of hydrogen-bond acceptors (Lipinski definition) is 6. The minimum atomic E-state index is -1.82. The van der Waals surface area contributed by atoms with E-state index in [4.69, 9.17) is 10.6 Å². The van der Waals surface area contributed by atoms with Crippen LogP contribution in [-0.4, -0.2) is 33.3 Å². The van der Waals surface area contributed by atoms with Gasteiger partial charge in [-0.25, -0.2) is 0 Å². The van der Waals surface area contributed by atoms with Crippen molar-refractivity contribution >= 4 is 11.5 Å². The minimum Gasteiger partial charge on any atom is -0.365 e. The lowest BCUT2D eigenvalue weighted by atomic mass is 9.48. The molecular formula is C16H26N2O4. The second-order valence-electron chi connectivity index (χ2n) is 7.06. The first-order chi connectivity index (χ1) is 9.89. The number of hydrazone groups is 1. The molecule has 0 unspecified atom stereocenters. The average Bonchev–Trinajstić information content (AvgIpc) is 2.51. The van der Waals surface area contributed by atoms with Gasteiger partial charge in [-0.2, -0.15) is 5.10 Å². The van der Waals surface area contributed by atoms with E-state index < -0.39 is 22.4 Å². The molecule has 1 saturated heterocycles. The fourth-order valence-electron chi connectivity index (χ4n) is 4.71. The van der Waals surface area contributed by atoms with Crippen molar-refractivity contribution in [1.82, 2.24) is 0 Å². The molecule has 1 heterocycles. The van der Waals surface area contributed by atoms with Gasteiger partial charge in [0, 0.05) is 5.71 Å². The summed E-state index contributed by atoms with van der Waals surface area (Å²) in [5, 5.41) is 25.7. The summed E-state index contributed by atoms with van der Waals surface area (Å²) in [6, 6.07) is 0. The molecule has 22 heavy (non-hydrogen) atoms. The van der Waals surface area contributed by atoms with Gasteiger partial charge in [-0.15, -0.1) is 0 Å². The van der Waals surface area contributed by atoms with Gasteiger partial charge >= 0.3 is 0 Å². The molecule has 2 rings (SSSR count). The fraction of sp³-hybridized carbons (Fsp3) is 0.750. The van der Waals surface area contributed by atoms with Crippen LogP contribution in [0.2, 0.25) is 0 Å². The molecule has 2 aliphatic rings. The number of allylic oxidation sites excluding steroid dienone is 2. The van der Waals surface area contributed by atoms with Crippen molar-refractivity contribution in [2.45, 2.75) is 66.0 Å². The van der Waals surface area contributed by atoms with Gasteiger partial charge in [0.05, 0.1) is 5.41 Å². The Morgan fingerprint density at radius 1 is 1.09 bits per heavy atom. The molecule has 0 spiro atoms. The van der Waals surface area contributed by atoms with Crippen molar-refractivity contribution < 1.29 is 19.7 Å². The number of rotatable bonds is 2. The van der Waals surface area contributed by atoms with Crippen LogP contribution in [0.4, 0.5) is 0 Å². The normalized spacial score (nSPS) is 45.9. The topological polar surface area (TPSA) is 105 Å². The van der Waals surface area contributed by atoms with E-state index in [1.165, 1.54) is 20.8 Å². The number of carbonyl (C=O) groups excluding carboxylic acids is 1. The molecule has 0 aromatic rings. The number of nitrogens with two attached hydrogens (primary N) is 1. The van der Waals surface area contributed by atoms with Crippen molar-refractivity contribution in [1.29, 1.82) is 0 Å². The number of ketones is 1. The lowest BCUT2D eigenvalue weighted by Gasteiger charge is -2.52. The van der Waals surface area contributed by atoms with Gasteiger partial charge in [-0.1, -0.05) is 11.1 Å². The van der Waals surface area contributed by atoms with Crippen molar-refractivity contribution in [3.8, 4) is 0 Å². The quantitative estimate of drug-likeness (QED) is 0.310. The predicted octanol–water partition coefficient (Wildman–Crippen LogP) is 1.46. The summed E-state index contributed by atoms with van der Waals surface area (Å²) in [5.74, 6) is 1.68. The first kappa shape index (κ1) is 17.1. The SMILES string of the molecule is CC(=O)[C@]12CC(C)=C(C)C[C@@]1(C(C)=NN)[C@@](C)(O)O[C@@]2(C)O. The summed E-state index contributed by atoms with van der Waals surface area (Å²) in [7, 11) is 0. The van der Waals surface area contributed by atoms with Crippen LogP contribution in [-0.2, 0) is 9.53 Å². The van der Waals surface area contributed by atoms with Crippen LogP contribution in [0.5, 0.6) is 0 Å². The molecule has 0 amide bonds. The van der Waals surface area contributed by atoms with Crippen molar-refractivity contribution in [3.05, 3.63) is 11.1 Å². The maximum absolute atomic E-state index is 12.7. The summed E-state index contributed by atoms with van der Waals surface area (Å²) >= 11 is 0. The first-order valence-corrected chi connectivity index (χ1v) is 7.46. The molecule has 4 N–H and O–H groups in total. The molecule has 6 nitrogen and oxygen atoms in total. The van der Waals surface area contributed by atoms with Crippen LogP contribution in [0.25, 0.3) is 0 Å². The lowest BCUT2D eigenvalue weighted by molar-refractivity contribution is -0.293. The van der Waals surface area contributed by atoms with Gasteiger partial charge in [-0.3, -0.25) is 4.79 Å². The maximum atomic E-state index is 12.7. The molecule has 0 saturated carbocycles. The monoisotopic (exact) mass is 310 g/mol. The van der Waals surface area contributed by atoms with E-state index in [1.807, 2.05) is 13.8 Å². The van der Waals surface area contributed by atoms with E-state index in [9.17, 15) is 15.0 Å². The highest BCUT2D eigenvalue weighted by molar-refractivity contribution is 5.99. The summed E-state index contributed by atoms with van der Waals surface area (Å²) in [6.07, 6.45) is 0.651. The van der Waals surface area contributed by atoms with Gasteiger partial charge < -0.3 is 20.8 Å². The Kier molecular flexibility index (Phi) is 3.60. The first-order valence-electron chi connectivity index (χ1n) is 7.46. The highest BCUT2D eigenvalue weighted by Gasteiger charge is 2.79. The van der Waals surface area contributed by atoms with Gasteiger partial charge in [-0.05, 0) is 54.4 Å². The van der Waals surface area contributed by atoms with Gasteiger partial charge in [0.15, 0.2) is 11.6 Å². The number of Topliss-reactive ketones (excluding diaryl/α,β-unsaturated/α-hetero) is 1. The van der Waals surface area contributed by atoms with Crippen molar-refractivity contribution in [2.75, 3.05) is 0 Å². The van der Waals surface area contributed by atoms with Gasteiger partial charge in [0.25, 0.3) is 0 Å². The minimum absolute atomic E-state index is 0.245. The molecule has 4 atom stereocenters. The smallest absolute Gasteiger partial charge is 0.180 e. The lowest BCUT2D eigenvalue weighted by Crippen LogP contribution is -2.63. The van der Waals surface area contributed by atoms with Crippen LogP contribution in [0.1, 0.15) is 54.4 Å². The number of fused-ring (bicyclic) bond motifs is 1. The Balaban J connectivity index is 2.94. The molecule has 1 aliphatic heterocycles. The summed E-state index contributed by atoms with van der Waals surface area (Å²) in [4.78, 5) is 12.7. The van der Waals surface area contributed by atoms with Crippen LogP contribution >= 0.6 is 0 Å². The summed E-state index contributed by atoms with van der Waals surface area (Å²) < 4.78 is 5.60. The molecule has 1 fully saturated rings. The third-order valence-corrected chi connectivity index (χ3v) is 5.91. The number of carbonyl (C=O) groups is 1. The highest BCUT2D eigenvalue weighted by Crippen LogP contribution is 2.69. The molecule has 1 aliphatic carbocycles. The zero-order valence-corrected chi connectivity index (χ0v) is 14.1. The predicted molar refractivity (Wildman–Crippen MR) is 82.8 cm³/mol. The molecule has 124 valence electrons. The van der Waals surface area contributed by atoms with Crippen LogP contribution in [0.15, 0.2) is 16.2 Å². The third-order valence-electron chi connectivity index (χ3n) is 5.91. The molecule has 6 heteroatoms. The zero-order valence-electron chi connectivity index (χ0n) is 14.1. The summed E-state index contributed by atoms with van der Waals surface area (Å²) in [6.45, 7) is 9.88. The van der Waals surface area contributed by atoms with E-state index in [1.54, 1.807) is 6.92 Å². The Bertz CT molecular complexity index is 591. The van der Waals surface area contributed by atoms with E-state index in [2.05, 4.69) is 5.10 Å². The Morgan fingerprint density at radius 2 is 1.50 bits per heavy atom. The Labute approximate surface area is 131 Å². The second kappa shape index (κ2) is 4.63. The number of aliphatic hydroxyl groups is 2. The molecule has 0 bridgehead atoms. The van der Waals surface area contributed by atoms with E-state index >= 15 is 0 Å². The van der Waals surface area contributed by atoms with Crippen LogP contribution < -0.4 is 5.84 Å².